The Morgan fingerprint density at radius 3 is 1.61 bits per heavy atom. The number of fused-ring (bicyclic) bond motifs is 7. The van der Waals surface area contributed by atoms with Crippen LogP contribution >= 0.6 is 0 Å². The minimum absolute atomic E-state index is 0.849. The van der Waals surface area contributed by atoms with Gasteiger partial charge in [0.05, 0.1) is 5.69 Å². The van der Waals surface area contributed by atoms with Crippen LogP contribution in [0, 0.1) is 0 Å². The van der Waals surface area contributed by atoms with Crippen LogP contribution in [0.5, 0.6) is 0 Å². The quantitative estimate of drug-likeness (QED) is 0.283. The molecule has 0 amide bonds. The highest BCUT2D eigenvalue weighted by Gasteiger charge is 2.24. The third-order valence-corrected chi connectivity index (χ3v) is 6.24. The van der Waals surface area contributed by atoms with Gasteiger partial charge in [0.1, 0.15) is 16.7 Å². The first kappa shape index (κ1) is 18.1. The van der Waals surface area contributed by atoms with Crippen molar-refractivity contribution in [2.24, 2.45) is 0 Å². The lowest BCUT2D eigenvalue weighted by molar-refractivity contribution is 0.663. The molecule has 3 nitrogen and oxygen atoms in total. The van der Waals surface area contributed by atoms with Gasteiger partial charge in [-0.2, -0.15) is 0 Å². The zero-order chi connectivity index (χ0) is 21.8. The second-order valence-electron chi connectivity index (χ2n) is 8.18. The molecule has 33 heavy (non-hydrogen) atoms. The van der Waals surface area contributed by atoms with Crippen molar-refractivity contribution in [3.63, 3.8) is 0 Å². The molecule has 0 radical (unpaired) electrons. The van der Waals surface area contributed by atoms with Gasteiger partial charge in [0.25, 0.3) is 0 Å². The van der Waals surface area contributed by atoms with Crippen LogP contribution in [0.4, 0.5) is 17.1 Å². The molecule has 5 aromatic carbocycles. The summed E-state index contributed by atoms with van der Waals surface area (Å²) in [4.78, 5) is 2.23. The summed E-state index contributed by atoms with van der Waals surface area (Å²) in [5.41, 5.74) is 6.51. The van der Waals surface area contributed by atoms with Crippen LogP contribution in [0.15, 0.2) is 124 Å². The topological polar surface area (TPSA) is 29.5 Å². The van der Waals surface area contributed by atoms with Crippen molar-refractivity contribution in [1.29, 1.82) is 0 Å². The zero-order valence-corrected chi connectivity index (χ0v) is 17.7. The molecule has 0 spiro atoms. The van der Waals surface area contributed by atoms with Crippen LogP contribution in [-0.2, 0) is 0 Å². The summed E-state index contributed by atoms with van der Waals surface area (Å²) >= 11 is 0. The Labute approximate surface area is 190 Å². The molecule has 0 atom stereocenters. The van der Waals surface area contributed by atoms with Gasteiger partial charge in [-0.15, -0.1) is 0 Å². The first-order valence-electron chi connectivity index (χ1n) is 11.0. The molecule has 0 aliphatic carbocycles. The van der Waals surface area contributed by atoms with Crippen molar-refractivity contribution >= 4 is 60.9 Å². The maximum atomic E-state index is 6.55. The fraction of sp³-hybridized carbons (Fsp3) is 0. The van der Waals surface area contributed by atoms with Crippen molar-refractivity contribution < 1.29 is 8.83 Å². The molecule has 0 fully saturated rings. The molecule has 3 heteroatoms. The molecule has 156 valence electrons. The monoisotopic (exact) mass is 425 g/mol. The lowest BCUT2D eigenvalue weighted by atomic mass is 10.0. The third kappa shape index (κ3) is 2.69. The summed E-state index contributed by atoms with van der Waals surface area (Å²) in [5.74, 6) is 0. The third-order valence-electron chi connectivity index (χ3n) is 6.24. The first-order valence-corrected chi connectivity index (χ1v) is 11.0. The van der Waals surface area contributed by atoms with E-state index in [1.54, 1.807) is 0 Å². The minimum atomic E-state index is 0.849. The molecule has 0 N–H and O–H groups in total. The summed E-state index contributed by atoms with van der Waals surface area (Å²) in [7, 11) is 0. The van der Waals surface area contributed by atoms with Crippen LogP contribution < -0.4 is 4.90 Å². The van der Waals surface area contributed by atoms with Gasteiger partial charge in [-0.1, -0.05) is 72.8 Å². The van der Waals surface area contributed by atoms with Crippen molar-refractivity contribution in [3.05, 3.63) is 115 Å². The normalized spacial score (nSPS) is 11.6. The maximum Gasteiger partial charge on any atom is 0.160 e. The van der Waals surface area contributed by atoms with Gasteiger partial charge in [-0.25, -0.2) is 0 Å². The number of anilines is 3. The Balaban J connectivity index is 1.68. The van der Waals surface area contributed by atoms with E-state index >= 15 is 0 Å². The number of hydrogen-bond acceptors (Lipinski definition) is 3. The largest absolute Gasteiger partial charge is 0.456 e. The summed E-state index contributed by atoms with van der Waals surface area (Å²) < 4.78 is 12.9. The summed E-state index contributed by atoms with van der Waals surface area (Å²) in [6, 6.07) is 39.3. The number of para-hydroxylation sites is 4. The van der Waals surface area contributed by atoms with Crippen LogP contribution in [0.2, 0.25) is 0 Å². The lowest BCUT2D eigenvalue weighted by Gasteiger charge is -2.25. The van der Waals surface area contributed by atoms with Gasteiger partial charge in [-0.3, -0.25) is 0 Å². The van der Waals surface area contributed by atoms with Gasteiger partial charge < -0.3 is 13.7 Å². The zero-order valence-electron chi connectivity index (χ0n) is 17.7. The van der Waals surface area contributed by atoms with E-state index in [1.807, 2.05) is 36.4 Å². The average molecular weight is 425 g/mol. The van der Waals surface area contributed by atoms with Gasteiger partial charge >= 0.3 is 0 Å². The van der Waals surface area contributed by atoms with Crippen LogP contribution in [-0.4, -0.2) is 0 Å². The molecule has 7 aromatic rings. The van der Waals surface area contributed by atoms with Crippen molar-refractivity contribution in [2.45, 2.75) is 0 Å². The van der Waals surface area contributed by atoms with E-state index in [2.05, 4.69) is 83.8 Å². The molecule has 0 saturated heterocycles. The molecular weight excluding hydrogens is 406 g/mol. The Hall–Kier alpha value is -4.50. The highest BCUT2D eigenvalue weighted by atomic mass is 16.3. The molecule has 7 rings (SSSR count). The fourth-order valence-electron chi connectivity index (χ4n) is 4.84. The molecule has 2 aromatic heterocycles. The fourth-order valence-corrected chi connectivity index (χ4v) is 4.84. The van der Waals surface area contributed by atoms with Crippen molar-refractivity contribution in [3.8, 4) is 0 Å². The molecule has 0 unspecified atom stereocenters. The molecule has 0 aliphatic rings. The standard InChI is InChI=1S/C30H19NO2/c1-3-11-20(12-4-1)31(21-13-5-2-6-14-21)24-19-27-28(22-15-7-9-17-25(22)32-27)29-23-16-8-10-18-26(23)33-30(24)29/h1-19H. The maximum absolute atomic E-state index is 6.55. The van der Waals surface area contributed by atoms with E-state index in [0.717, 1.165) is 60.9 Å². The van der Waals surface area contributed by atoms with E-state index in [-0.39, 0.29) is 0 Å². The minimum Gasteiger partial charge on any atom is -0.456 e. The molecule has 0 bridgehead atoms. The van der Waals surface area contributed by atoms with E-state index in [9.17, 15) is 0 Å². The van der Waals surface area contributed by atoms with Gasteiger partial charge in [0.2, 0.25) is 0 Å². The smallest absolute Gasteiger partial charge is 0.160 e. The average Bonchev–Trinajstić information content (AvgIpc) is 3.44. The van der Waals surface area contributed by atoms with Crippen molar-refractivity contribution in [1.82, 2.24) is 0 Å². The predicted octanol–water partition coefficient (Wildman–Crippen LogP) is 8.96. The Morgan fingerprint density at radius 1 is 0.455 bits per heavy atom. The predicted molar refractivity (Wildman–Crippen MR) is 136 cm³/mol. The lowest BCUT2D eigenvalue weighted by Crippen LogP contribution is -2.10. The number of furan rings is 2. The highest BCUT2D eigenvalue weighted by molar-refractivity contribution is 6.28. The molecular formula is C30H19NO2. The Morgan fingerprint density at radius 2 is 0.970 bits per heavy atom. The van der Waals surface area contributed by atoms with Crippen LogP contribution in [0.1, 0.15) is 0 Å². The number of rotatable bonds is 3. The second kappa shape index (κ2) is 7.01. The Bertz CT molecular complexity index is 1720. The SMILES string of the molecule is c1ccc(N(c2ccccc2)c2cc3oc4ccccc4c3c3c2oc2ccccc23)cc1. The van der Waals surface area contributed by atoms with Gasteiger partial charge in [0, 0.05) is 39.0 Å². The number of hydrogen-bond donors (Lipinski definition) is 0. The van der Waals surface area contributed by atoms with E-state index in [4.69, 9.17) is 8.83 Å². The summed E-state index contributed by atoms with van der Waals surface area (Å²) in [6.45, 7) is 0. The summed E-state index contributed by atoms with van der Waals surface area (Å²) in [5, 5.41) is 4.36. The highest BCUT2D eigenvalue weighted by Crippen LogP contribution is 2.47. The second-order valence-corrected chi connectivity index (χ2v) is 8.18. The molecule has 0 saturated carbocycles. The first-order chi connectivity index (χ1) is 16.4. The number of benzene rings is 5. The number of nitrogens with zero attached hydrogens (tertiary/aromatic N) is 1. The molecule has 0 aliphatic heterocycles. The van der Waals surface area contributed by atoms with Crippen LogP contribution in [0.3, 0.4) is 0 Å². The van der Waals surface area contributed by atoms with E-state index < -0.39 is 0 Å². The van der Waals surface area contributed by atoms with Crippen LogP contribution in [0.25, 0.3) is 43.9 Å². The van der Waals surface area contributed by atoms with E-state index in [0.29, 0.717) is 0 Å². The van der Waals surface area contributed by atoms with E-state index in [1.165, 1.54) is 0 Å². The Kier molecular flexibility index (Phi) is 3.84. The van der Waals surface area contributed by atoms with Gasteiger partial charge in [-0.05, 0) is 36.4 Å². The molecule has 2 heterocycles. The van der Waals surface area contributed by atoms with Gasteiger partial charge in [0.15, 0.2) is 5.58 Å². The summed E-state index contributed by atoms with van der Waals surface area (Å²) in [6.07, 6.45) is 0. The van der Waals surface area contributed by atoms with Crippen molar-refractivity contribution in [2.75, 3.05) is 4.90 Å².